The lowest BCUT2D eigenvalue weighted by Crippen LogP contribution is -2.33. The third-order valence-corrected chi connectivity index (χ3v) is 3.70. The second-order valence-electron chi connectivity index (χ2n) is 4.44. The van der Waals surface area contributed by atoms with E-state index < -0.39 is 0 Å². The SMILES string of the molecule is CC(CO)CSCC(=O)NC(=O)Cc1ccccc1. The first-order valence-electron chi connectivity index (χ1n) is 6.17. The van der Waals surface area contributed by atoms with Gasteiger partial charge < -0.3 is 5.11 Å². The van der Waals surface area contributed by atoms with Gasteiger partial charge in [0.05, 0.1) is 12.2 Å². The van der Waals surface area contributed by atoms with Crippen molar-refractivity contribution in [2.45, 2.75) is 13.3 Å². The molecule has 0 saturated heterocycles. The highest BCUT2D eigenvalue weighted by atomic mass is 32.2. The molecule has 0 bridgehead atoms. The van der Waals surface area contributed by atoms with Crippen molar-refractivity contribution in [2.24, 2.45) is 5.92 Å². The number of amides is 2. The highest BCUT2D eigenvalue weighted by Crippen LogP contribution is 2.07. The molecule has 0 spiro atoms. The van der Waals surface area contributed by atoms with Crippen LogP contribution in [0.15, 0.2) is 30.3 Å². The Morgan fingerprint density at radius 1 is 1.26 bits per heavy atom. The highest BCUT2D eigenvalue weighted by Gasteiger charge is 2.09. The first-order chi connectivity index (χ1) is 9.11. The predicted octanol–water partition coefficient (Wildman–Crippen LogP) is 1.23. The van der Waals surface area contributed by atoms with Gasteiger partial charge >= 0.3 is 0 Å². The summed E-state index contributed by atoms with van der Waals surface area (Å²) in [5.74, 6) is 0.544. The molecule has 1 aromatic carbocycles. The van der Waals surface area contributed by atoms with E-state index in [0.29, 0.717) is 5.75 Å². The zero-order valence-electron chi connectivity index (χ0n) is 11.0. The van der Waals surface area contributed by atoms with Crippen molar-refractivity contribution in [1.29, 1.82) is 0 Å². The number of aliphatic hydroxyl groups excluding tert-OH is 1. The van der Waals surface area contributed by atoms with Gasteiger partial charge in [0.15, 0.2) is 0 Å². The van der Waals surface area contributed by atoms with Crippen molar-refractivity contribution in [3.8, 4) is 0 Å². The van der Waals surface area contributed by atoms with Gasteiger partial charge in [0, 0.05) is 6.61 Å². The van der Waals surface area contributed by atoms with E-state index >= 15 is 0 Å². The van der Waals surface area contributed by atoms with Crippen LogP contribution in [-0.2, 0) is 16.0 Å². The summed E-state index contributed by atoms with van der Waals surface area (Å²) in [6, 6.07) is 9.29. The van der Waals surface area contributed by atoms with Gasteiger partial charge in [-0.2, -0.15) is 11.8 Å². The van der Waals surface area contributed by atoms with Gasteiger partial charge in [-0.05, 0) is 17.2 Å². The Balaban J connectivity index is 2.23. The second kappa shape index (κ2) is 8.72. The number of thioether (sulfide) groups is 1. The fourth-order valence-corrected chi connectivity index (χ4v) is 2.31. The lowest BCUT2D eigenvalue weighted by atomic mass is 10.1. The number of rotatable bonds is 7. The molecule has 0 aromatic heterocycles. The Labute approximate surface area is 117 Å². The number of carbonyl (C=O) groups is 2. The molecule has 104 valence electrons. The zero-order chi connectivity index (χ0) is 14.1. The van der Waals surface area contributed by atoms with Crippen molar-refractivity contribution >= 4 is 23.6 Å². The fourth-order valence-electron chi connectivity index (χ4n) is 1.42. The van der Waals surface area contributed by atoms with E-state index in [9.17, 15) is 9.59 Å². The molecule has 0 fully saturated rings. The molecular weight excluding hydrogens is 262 g/mol. The van der Waals surface area contributed by atoms with Crippen LogP contribution in [0.2, 0.25) is 0 Å². The Bertz CT molecular complexity index is 408. The Kier molecular flexibility index (Phi) is 7.22. The van der Waals surface area contributed by atoms with Crippen LogP contribution in [0.5, 0.6) is 0 Å². The van der Waals surface area contributed by atoms with Crippen LogP contribution in [0.25, 0.3) is 0 Å². The third kappa shape index (κ3) is 6.98. The Morgan fingerprint density at radius 3 is 2.58 bits per heavy atom. The minimum atomic E-state index is -0.285. The number of carbonyl (C=O) groups excluding carboxylic acids is 2. The van der Waals surface area contributed by atoms with Gasteiger partial charge in [0.2, 0.25) is 11.8 Å². The highest BCUT2D eigenvalue weighted by molar-refractivity contribution is 7.99. The molecule has 0 aliphatic rings. The van der Waals surface area contributed by atoms with Crippen LogP contribution in [0, 0.1) is 5.92 Å². The Hall–Kier alpha value is -1.33. The minimum absolute atomic E-state index is 0.113. The number of aliphatic hydroxyl groups is 1. The van der Waals surface area contributed by atoms with Crippen LogP contribution in [0.3, 0.4) is 0 Å². The summed E-state index contributed by atoms with van der Waals surface area (Å²) >= 11 is 1.42. The molecule has 1 rings (SSSR count). The lowest BCUT2D eigenvalue weighted by molar-refractivity contribution is -0.128. The number of benzene rings is 1. The molecule has 0 radical (unpaired) electrons. The molecular formula is C14H19NO3S. The minimum Gasteiger partial charge on any atom is -0.396 e. The summed E-state index contributed by atoms with van der Waals surface area (Å²) < 4.78 is 0. The summed E-state index contributed by atoms with van der Waals surface area (Å²) in [5, 5.41) is 11.2. The first kappa shape index (κ1) is 15.7. The average Bonchev–Trinajstić information content (AvgIpc) is 2.39. The molecule has 0 saturated carbocycles. The molecule has 5 heteroatoms. The topological polar surface area (TPSA) is 66.4 Å². The normalized spacial score (nSPS) is 11.9. The molecule has 1 aromatic rings. The van der Waals surface area contributed by atoms with E-state index in [0.717, 1.165) is 5.56 Å². The molecule has 19 heavy (non-hydrogen) atoms. The van der Waals surface area contributed by atoms with Crippen LogP contribution < -0.4 is 5.32 Å². The van der Waals surface area contributed by atoms with Crippen molar-refractivity contribution < 1.29 is 14.7 Å². The molecule has 0 heterocycles. The summed E-state index contributed by atoms with van der Waals surface area (Å²) in [4.78, 5) is 23.1. The quantitative estimate of drug-likeness (QED) is 0.789. The van der Waals surface area contributed by atoms with E-state index in [2.05, 4.69) is 5.32 Å². The average molecular weight is 281 g/mol. The van der Waals surface area contributed by atoms with E-state index in [-0.39, 0.29) is 36.5 Å². The van der Waals surface area contributed by atoms with Crippen LogP contribution in [0.4, 0.5) is 0 Å². The van der Waals surface area contributed by atoms with Gasteiger partial charge in [-0.15, -0.1) is 0 Å². The zero-order valence-corrected chi connectivity index (χ0v) is 11.8. The summed E-state index contributed by atoms with van der Waals surface area (Å²) in [6.45, 7) is 2.02. The van der Waals surface area contributed by atoms with Crippen molar-refractivity contribution in [1.82, 2.24) is 5.32 Å². The fraction of sp³-hybridized carbons (Fsp3) is 0.429. The second-order valence-corrected chi connectivity index (χ2v) is 5.47. The number of imide groups is 1. The van der Waals surface area contributed by atoms with Crippen LogP contribution in [0.1, 0.15) is 12.5 Å². The Morgan fingerprint density at radius 2 is 1.95 bits per heavy atom. The van der Waals surface area contributed by atoms with E-state index in [4.69, 9.17) is 5.11 Å². The van der Waals surface area contributed by atoms with Crippen molar-refractivity contribution in [2.75, 3.05) is 18.1 Å². The molecule has 0 aliphatic carbocycles. The third-order valence-electron chi connectivity index (χ3n) is 2.43. The van der Waals surface area contributed by atoms with Gasteiger partial charge in [0.25, 0.3) is 0 Å². The first-order valence-corrected chi connectivity index (χ1v) is 7.32. The standard InChI is InChI=1S/C14H19NO3S/c1-11(8-16)9-19-10-14(18)15-13(17)7-12-5-3-2-4-6-12/h2-6,11,16H,7-10H2,1H3,(H,15,17,18). The molecule has 2 N–H and O–H groups in total. The number of hydrogen-bond donors (Lipinski definition) is 2. The summed E-state index contributed by atoms with van der Waals surface area (Å²) in [6.07, 6.45) is 0.213. The van der Waals surface area contributed by atoms with E-state index in [1.165, 1.54) is 11.8 Å². The molecule has 2 amide bonds. The lowest BCUT2D eigenvalue weighted by Gasteiger charge is -2.07. The molecule has 1 atom stereocenters. The van der Waals surface area contributed by atoms with E-state index in [1.807, 2.05) is 37.3 Å². The number of nitrogens with one attached hydrogen (secondary N) is 1. The molecule has 4 nitrogen and oxygen atoms in total. The number of hydrogen-bond acceptors (Lipinski definition) is 4. The van der Waals surface area contributed by atoms with Gasteiger partial charge in [-0.1, -0.05) is 37.3 Å². The van der Waals surface area contributed by atoms with Gasteiger partial charge in [-0.25, -0.2) is 0 Å². The van der Waals surface area contributed by atoms with Crippen LogP contribution >= 0.6 is 11.8 Å². The maximum atomic E-state index is 11.6. The van der Waals surface area contributed by atoms with E-state index in [1.54, 1.807) is 0 Å². The summed E-state index contributed by atoms with van der Waals surface area (Å²) in [7, 11) is 0. The summed E-state index contributed by atoms with van der Waals surface area (Å²) in [5.41, 5.74) is 0.884. The van der Waals surface area contributed by atoms with Gasteiger partial charge in [-0.3, -0.25) is 14.9 Å². The smallest absolute Gasteiger partial charge is 0.236 e. The molecule has 0 aliphatic heterocycles. The predicted molar refractivity (Wildman–Crippen MR) is 76.9 cm³/mol. The van der Waals surface area contributed by atoms with Crippen molar-refractivity contribution in [3.05, 3.63) is 35.9 Å². The maximum absolute atomic E-state index is 11.6. The largest absolute Gasteiger partial charge is 0.396 e. The molecule has 1 unspecified atom stereocenters. The van der Waals surface area contributed by atoms with Gasteiger partial charge in [0.1, 0.15) is 0 Å². The maximum Gasteiger partial charge on any atom is 0.236 e. The monoisotopic (exact) mass is 281 g/mol. The van der Waals surface area contributed by atoms with Crippen LogP contribution in [-0.4, -0.2) is 35.0 Å². The van der Waals surface area contributed by atoms with Crippen molar-refractivity contribution in [3.63, 3.8) is 0 Å².